The van der Waals surface area contributed by atoms with E-state index in [-0.39, 0.29) is 17.7 Å². The second-order valence-corrected chi connectivity index (χ2v) is 4.97. The van der Waals surface area contributed by atoms with Gasteiger partial charge in [0.05, 0.1) is 0 Å². The quantitative estimate of drug-likeness (QED) is 0.871. The number of nitrogens with two attached hydrogens (primary N) is 1. The largest absolute Gasteiger partial charge is 0.381 e. The molecule has 5 heteroatoms. The summed E-state index contributed by atoms with van der Waals surface area (Å²) >= 11 is 0. The molecule has 0 bridgehead atoms. The first-order valence-electron chi connectivity index (χ1n) is 6.48. The third kappa shape index (κ3) is 2.89. The minimum absolute atomic E-state index is 0.0654. The lowest BCUT2D eigenvalue weighted by Gasteiger charge is -2.29. The molecule has 2 unspecified atom stereocenters. The van der Waals surface area contributed by atoms with Crippen molar-refractivity contribution in [3.8, 4) is 0 Å². The molecule has 1 saturated carbocycles. The zero-order chi connectivity index (χ0) is 13.1. The van der Waals surface area contributed by atoms with Crippen LogP contribution >= 0.6 is 0 Å². The average Bonchev–Trinajstić information content (AvgIpc) is 2.36. The van der Waals surface area contributed by atoms with Crippen molar-refractivity contribution >= 4 is 11.6 Å². The van der Waals surface area contributed by atoms with Crippen LogP contribution in [0.2, 0.25) is 0 Å². The zero-order valence-corrected chi connectivity index (χ0v) is 10.5. The molecule has 1 fully saturated rings. The topological polar surface area (TPSA) is 50.9 Å². The Morgan fingerprint density at radius 3 is 2.89 bits per heavy atom. The molecule has 100 valence electrons. The van der Waals surface area contributed by atoms with Gasteiger partial charge in [0.15, 0.2) is 23.3 Å². The maximum atomic E-state index is 13.5. The Morgan fingerprint density at radius 1 is 1.39 bits per heavy atom. The molecule has 3 N–H and O–H groups in total. The lowest BCUT2D eigenvalue weighted by atomic mass is 9.84. The Labute approximate surface area is 106 Å². The van der Waals surface area contributed by atoms with Crippen molar-refractivity contribution < 1.29 is 8.78 Å². The Balaban J connectivity index is 2.07. The van der Waals surface area contributed by atoms with Gasteiger partial charge in [-0.1, -0.05) is 26.2 Å². The maximum Gasteiger partial charge on any atom is 0.168 e. The lowest BCUT2D eigenvalue weighted by Crippen LogP contribution is -2.28. The summed E-state index contributed by atoms with van der Waals surface area (Å²) in [5, 5.41) is 3.05. The minimum atomic E-state index is -0.812. The Kier molecular flexibility index (Phi) is 3.99. The van der Waals surface area contributed by atoms with Gasteiger partial charge in [-0.25, -0.2) is 13.8 Å². The van der Waals surface area contributed by atoms with Gasteiger partial charge in [0.1, 0.15) is 0 Å². The number of nitrogen functional groups attached to an aromatic ring is 1. The van der Waals surface area contributed by atoms with Gasteiger partial charge in [-0.15, -0.1) is 0 Å². The molecular weight excluding hydrogens is 236 g/mol. The van der Waals surface area contributed by atoms with Crippen LogP contribution in [0.1, 0.15) is 39.0 Å². The van der Waals surface area contributed by atoms with Crippen LogP contribution in [0.4, 0.5) is 20.4 Å². The normalized spacial score (nSPS) is 23.9. The van der Waals surface area contributed by atoms with Gasteiger partial charge in [-0.3, -0.25) is 0 Å². The van der Waals surface area contributed by atoms with Crippen LogP contribution in [-0.4, -0.2) is 11.0 Å². The number of anilines is 2. The van der Waals surface area contributed by atoms with Crippen molar-refractivity contribution in [3.63, 3.8) is 0 Å². The highest BCUT2D eigenvalue weighted by atomic mass is 19.1. The van der Waals surface area contributed by atoms with E-state index in [9.17, 15) is 8.78 Å². The van der Waals surface area contributed by atoms with Crippen molar-refractivity contribution in [2.75, 3.05) is 11.1 Å². The van der Waals surface area contributed by atoms with E-state index in [0.29, 0.717) is 5.92 Å². The summed E-state index contributed by atoms with van der Waals surface area (Å²) in [6.07, 6.45) is 5.51. The van der Waals surface area contributed by atoms with E-state index < -0.39 is 11.6 Å². The van der Waals surface area contributed by atoms with Crippen LogP contribution in [0.25, 0.3) is 0 Å². The first kappa shape index (κ1) is 13.1. The summed E-state index contributed by atoms with van der Waals surface area (Å²) in [6, 6.07) is 0.987. The van der Waals surface area contributed by atoms with Gasteiger partial charge >= 0.3 is 0 Å². The SMILES string of the molecule is CCC1CCCC(Nc2nc(N)c(F)cc2F)C1. The van der Waals surface area contributed by atoms with Crippen molar-refractivity contribution in [3.05, 3.63) is 17.7 Å². The fraction of sp³-hybridized carbons (Fsp3) is 0.615. The number of hydrogen-bond acceptors (Lipinski definition) is 3. The summed E-state index contributed by atoms with van der Waals surface area (Å²) in [6.45, 7) is 2.17. The molecule has 0 aliphatic heterocycles. The molecule has 1 heterocycles. The van der Waals surface area contributed by atoms with Crippen LogP contribution in [0, 0.1) is 17.6 Å². The number of pyridine rings is 1. The molecule has 1 aromatic heterocycles. The van der Waals surface area contributed by atoms with Gasteiger partial charge in [-0.2, -0.15) is 0 Å². The number of halogens is 2. The van der Waals surface area contributed by atoms with Crippen LogP contribution < -0.4 is 11.1 Å². The molecule has 1 aliphatic carbocycles. The molecule has 0 radical (unpaired) electrons. The Bertz CT molecular complexity index is 423. The zero-order valence-electron chi connectivity index (χ0n) is 10.5. The van der Waals surface area contributed by atoms with E-state index >= 15 is 0 Å². The van der Waals surface area contributed by atoms with E-state index in [1.165, 1.54) is 6.42 Å². The molecule has 0 saturated heterocycles. The van der Waals surface area contributed by atoms with Crippen molar-refractivity contribution in [1.82, 2.24) is 4.98 Å². The monoisotopic (exact) mass is 255 g/mol. The van der Waals surface area contributed by atoms with E-state index in [1.54, 1.807) is 0 Å². The van der Waals surface area contributed by atoms with Gasteiger partial charge in [0.25, 0.3) is 0 Å². The molecule has 3 nitrogen and oxygen atoms in total. The van der Waals surface area contributed by atoms with Crippen molar-refractivity contribution in [2.24, 2.45) is 5.92 Å². The molecule has 1 aliphatic rings. The van der Waals surface area contributed by atoms with Crippen molar-refractivity contribution in [1.29, 1.82) is 0 Å². The number of nitrogens with zero attached hydrogens (tertiary/aromatic N) is 1. The van der Waals surface area contributed by atoms with Gasteiger partial charge in [-0.05, 0) is 18.8 Å². The second-order valence-electron chi connectivity index (χ2n) is 4.97. The fourth-order valence-corrected chi connectivity index (χ4v) is 2.57. The molecule has 0 spiro atoms. The summed E-state index contributed by atoms with van der Waals surface area (Å²) in [7, 11) is 0. The first-order chi connectivity index (χ1) is 8.60. The number of hydrogen-bond donors (Lipinski definition) is 2. The highest BCUT2D eigenvalue weighted by molar-refractivity contribution is 5.45. The number of nitrogens with one attached hydrogen (secondary N) is 1. The molecule has 0 amide bonds. The summed E-state index contributed by atoms with van der Waals surface area (Å²) < 4.78 is 26.5. The lowest BCUT2D eigenvalue weighted by molar-refractivity contribution is 0.326. The molecular formula is C13H19F2N3. The average molecular weight is 255 g/mol. The fourth-order valence-electron chi connectivity index (χ4n) is 2.57. The van der Waals surface area contributed by atoms with Gasteiger partial charge in [0.2, 0.25) is 0 Å². The molecule has 2 rings (SSSR count). The maximum absolute atomic E-state index is 13.5. The van der Waals surface area contributed by atoms with E-state index in [4.69, 9.17) is 5.73 Å². The Hall–Kier alpha value is -1.39. The number of aromatic nitrogens is 1. The standard InChI is InChI=1S/C13H19F2N3/c1-2-8-4-3-5-9(6-8)17-13-11(15)7-10(14)12(16)18-13/h7-9H,2-6H2,1H3,(H3,16,17,18). The molecule has 0 aromatic carbocycles. The van der Waals surface area contributed by atoms with Gasteiger partial charge < -0.3 is 11.1 Å². The van der Waals surface area contributed by atoms with Crippen molar-refractivity contribution in [2.45, 2.75) is 45.1 Å². The summed E-state index contributed by atoms with van der Waals surface area (Å²) in [4.78, 5) is 3.73. The van der Waals surface area contributed by atoms with Gasteiger partial charge in [0, 0.05) is 12.1 Å². The van der Waals surface area contributed by atoms with Crippen LogP contribution in [-0.2, 0) is 0 Å². The molecule has 1 aromatic rings. The van der Waals surface area contributed by atoms with Crippen LogP contribution in [0.3, 0.4) is 0 Å². The minimum Gasteiger partial charge on any atom is -0.381 e. The molecule has 2 atom stereocenters. The predicted octanol–water partition coefficient (Wildman–Crippen LogP) is 3.32. The van der Waals surface area contributed by atoms with E-state index in [2.05, 4.69) is 17.2 Å². The Morgan fingerprint density at radius 2 is 2.17 bits per heavy atom. The summed E-state index contributed by atoms with van der Waals surface area (Å²) in [5.41, 5.74) is 5.36. The third-order valence-corrected chi connectivity index (χ3v) is 3.66. The third-order valence-electron chi connectivity index (χ3n) is 3.66. The van der Waals surface area contributed by atoms with Crippen LogP contribution in [0.5, 0.6) is 0 Å². The van der Waals surface area contributed by atoms with E-state index in [1.807, 2.05) is 0 Å². The highest BCUT2D eigenvalue weighted by Crippen LogP contribution is 2.29. The second kappa shape index (κ2) is 5.50. The smallest absolute Gasteiger partial charge is 0.168 e. The summed E-state index contributed by atoms with van der Waals surface area (Å²) in [5.74, 6) is -1.01. The predicted molar refractivity (Wildman–Crippen MR) is 68.2 cm³/mol. The van der Waals surface area contributed by atoms with Crippen LogP contribution in [0.15, 0.2) is 6.07 Å². The molecule has 18 heavy (non-hydrogen) atoms. The first-order valence-corrected chi connectivity index (χ1v) is 6.48. The van der Waals surface area contributed by atoms with E-state index in [0.717, 1.165) is 31.7 Å². The number of rotatable bonds is 3. The highest BCUT2D eigenvalue weighted by Gasteiger charge is 2.22.